The summed E-state index contributed by atoms with van der Waals surface area (Å²) in [6, 6.07) is 6.34. The summed E-state index contributed by atoms with van der Waals surface area (Å²) in [6.07, 6.45) is 6.03. The third-order valence-electron chi connectivity index (χ3n) is 5.05. The molecule has 0 aliphatic heterocycles. The van der Waals surface area contributed by atoms with Gasteiger partial charge in [0.25, 0.3) is 0 Å². The number of benzene rings is 1. The van der Waals surface area contributed by atoms with Gasteiger partial charge in [-0.25, -0.2) is 15.0 Å². The van der Waals surface area contributed by atoms with Crippen LogP contribution in [0.2, 0.25) is 0 Å². The quantitative estimate of drug-likeness (QED) is 0.422. The fourth-order valence-corrected chi connectivity index (χ4v) is 3.85. The SMILES string of the molecule is CNc1ncc(-c2nc3cc(OS(C)(=O)=O)ccc3o2)c2cc(NC(=O)C3CC3)ncc12. The second-order valence-corrected chi connectivity index (χ2v) is 9.16. The van der Waals surface area contributed by atoms with Crippen LogP contribution in [0.4, 0.5) is 11.6 Å². The second-order valence-electron chi connectivity index (χ2n) is 7.59. The van der Waals surface area contributed by atoms with Gasteiger partial charge in [0, 0.05) is 42.2 Å². The summed E-state index contributed by atoms with van der Waals surface area (Å²) in [5.74, 6) is 1.50. The molecule has 2 N–H and O–H groups in total. The molecule has 10 nitrogen and oxygen atoms in total. The summed E-state index contributed by atoms with van der Waals surface area (Å²) >= 11 is 0. The number of pyridine rings is 2. The predicted octanol–water partition coefficient (Wildman–Crippen LogP) is 3.17. The maximum absolute atomic E-state index is 12.2. The Morgan fingerprint density at radius 1 is 1.16 bits per heavy atom. The van der Waals surface area contributed by atoms with E-state index in [1.165, 1.54) is 12.1 Å². The van der Waals surface area contributed by atoms with Crippen molar-refractivity contribution in [2.24, 2.45) is 5.92 Å². The van der Waals surface area contributed by atoms with Crippen LogP contribution in [0, 0.1) is 5.92 Å². The van der Waals surface area contributed by atoms with Crippen LogP contribution in [-0.2, 0) is 14.9 Å². The predicted molar refractivity (Wildman–Crippen MR) is 119 cm³/mol. The van der Waals surface area contributed by atoms with E-state index in [-0.39, 0.29) is 17.6 Å². The highest BCUT2D eigenvalue weighted by molar-refractivity contribution is 7.86. The highest BCUT2D eigenvalue weighted by atomic mass is 32.2. The van der Waals surface area contributed by atoms with E-state index in [9.17, 15) is 13.2 Å². The molecular weight excluding hydrogens is 434 g/mol. The average Bonchev–Trinajstić information content (AvgIpc) is 3.51. The van der Waals surface area contributed by atoms with Gasteiger partial charge in [0.15, 0.2) is 5.58 Å². The van der Waals surface area contributed by atoms with Crippen molar-refractivity contribution < 1.29 is 21.8 Å². The van der Waals surface area contributed by atoms with Gasteiger partial charge in [0.05, 0.1) is 11.8 Å². The van der Waals surface area contributed by atoms with Crippen molar-refractivity contribution in [3.63, 3.8) is 0 Å². The van der Waals surface area contributed by atoms with Crippen molar-refractivity contribution in [3.8, 4) is 17.2 Å². The van der Waals surface area contributed by atoms with Gasteiger partial charge >= 0.3 is 10.1 Å². The summed E-state index contributed by atoms with van der Waals surface area (Å²) in [5.41, 5.74) is 1.50. The van der Waals surface area contributed by atoms with E-state index in [2.05, 4.69) is 25.6 Å². The Kier molecular flexibility index (Phi) is 4.70. The first-order valence-corrected chi connectivity index (χ1v) is 11.7. The maximum Gasteiger partial charge on any atom is 0.306 e. The first-order valence-electron chi connectivity index (χ1n) is 9.88. The molecule has 0 bridgehead atoms. The van der Waals surface area contributed by atoms with Crippen LogP contribution in [0.25, 0.3) is 33.3 Å². The molecule has 4 aromatic rings. The van der Waals surface area contributed by atoms with Gasteiger partial charge in [-0.1, -0.05) is 0 Å². The van der Waals surface area contributed by atoms with Crippen LogP contribution < -0.4 is 14.8 Å². The highest BCUT2D eigenvalue weighted by Crippen LogP contribution is 2.35. The number of aromatic nitrogens is 3. The Hall–Kier alpha value is -3.73. The highest BCUT2D eigenvalue weighted by Gasteiger charge is 2.30. The third-order valence-corrected chi connectivity index (χ3v) is 5.54. The largest absolute Gasteiger partial charge is 0.436 e. The van der Waals surface area contributed by atoms with Crippen LogP contribution in [-0.4, -0.2) is 42.6 Å². The molecule has 0 radical (unpaired) electrons. The van der Waals surface area contributed by atoms with E-state index in [4.69, 9.17) is 8.60 Å². The molecule has 1 aromatic carbocycles. The van der Waals surface area contributed by atoms with E-state index in [1.807, 2.05) is 0 Å². The molecule has 1 amide bonds. The number of carbonyl (C=O) groups is 1. The van der Waals surface area contributed by atoms with Gasteiger partial charge in [-0.3, -0.25) is 4.79 Å². The van der Waals surface area contributed by atoms with Gasteiger partial charge in [0.1, 0.15) is 22.9 Å². The third kappa shape index (κ3) is 3.94. The number of nitrogens with zero attached hydrogens (tertiary/aromatic N) is 3. The molecule has 3 heterocycles. The Bertz CT molecular complexity index is 1480. The van der Waals surface area contributed by atoms with E-state index in [0.717, 1.165) is 29.9 Å². The van der Waals surface area contributed by atoms with Crippen molar-refractivity contribution in [2.75, 3.05) is 23.9 Å². The summed E-state index contributed by atoms with van der Waals surface area (Å²) in [7, 11) is -1.90. The lowest BCUT2D eigenvalue weighted by molar-refractivity contribution is -0.117. The molecule has 1 aliphatic rings. The van der Waals surface area contributed by atoms with E-state index < -0.39 is 10.1 Å². The van der Waals surface area contributed by atoms with Gasteiger partial charge in [0.2, 0.25) is 11.8 Å². The number of fused-ring (bicyclic) bond motifs is 2. The molecule has 1 saturated carbocycles. The van der Waals surface area contributed by atoms with Gasteiger partial charge in [-0.2, -0.15) is 8.42 Å². The monoisotopic (exact) mass is 453 g/mol. The zero-order valence-corrected chi connectivity index (χ0v) is 18.1. The first-order chi connectivity index (χ1) is 15.3. The number of amides is 1. The molecule has 0 spiro atoms. The van der Waals surface area contributed by atoms with Gasteiger partial charge < -0.3 is 19.2 Å². The summed E-state index contributed by atoms with van der Waals surface area (Å²) in [4.78, 5) is 25.5. The standard InChI is InChI=1S/C21H19N5O5S/c1-22-19-14-9-23-18(26-20(27)11-3-4-11)8-13(14)15(10-24-19)21-25-16-7-12(31-32(2,28)29)5-6-17(16)30-21/h5-11H,3-4H2,1-2H3,(H,22,24)(H,23,26,27). The number of rotatable bonds is 6. The van der Waals surface area contributed by atoms with E-state index >= 15 is 0 Å². The van der Waals surface area contributed by atoms with Gasteiger partial charge in [-0.05, 0) is 31.0 Å². The lowest BCUT2D eigenvalue weighted by atomic mass is 10.1. The molecule has 11 heteroatoms. The molecular formula is C21H19N5O5S. The second kappa shape index (κ2) is 7.45. The lowest BCUT2D eigenvalue weighted by Gasteiger charge is -2.10. The van der Waals surface area contributed by atoms with Crippen molar-refractivity contribution in [1.29, 1.82) is 0 Å². The minimum Gasteiger partial charge on any atom is -0.436 e. The lowest BCUT2D eigenvalue weighted by Crippen LogP contribution is -2.14. The fraction of sp³-hybridized carbons (Fsp3) is 0.238. The number of anilines is 2. The number of hydrogen-bond donors (Lipinski definition) is 2. The Balaban J connectivity index is 1.60. The number of hydrogen-bond acceptors (Lipinski definition) is 9. The van der Waals surface area contributed by atoms with Crippen molar-refractivity contribution in [1.82, 2.24) is 15.0 Å². The van der Waals surface area contributed by atoms with Crippen molar-refractivity contribution in [2.45, 2.75) is 12.8 Å². The summed E-state index contributed by atoms with van der Waals surface area (Å²) < 4.78 is 33.6. The Morgan fingerprint density at radius 3 is 2.69 bits per heavy atom. The van der Waals surface area contributed by atoms with E-state index in [0.29, 0.717) is 34.2 Å². The molecule has 1 fully saturated rings. The zero-order valence-electron chi connectivity index (χ0n) is 17.2. The summed E-state index contributed by atoms with van der Waals surface area (Å²) in [5, 5.41) is 7.36. The first kappa shape index (κ1) is 20.2. The number of carbonyl (C=O) groups excluding carboxylic acids is 1. The molecule has 0 unspecified atom stereocenters. The molecule has 32 heavy (non-hydrogen) atoms. The molecule has 3 aromatic heterocycles. The van der Waals surface area contributed by atoms with Crippen LogP contribution in [0.3, 0.4) is 0 Å². The fourth-order valence-electron chi connectivity index (χ4n) is 3.40. The number of oxazole rings is 1. The van der Waals surface area contributed by atoms with E-state index in [1.54, 1.807) is 31.6 Å². The Morgan fingerprint density at radius 2 is 1.97 bits per heavy atom. The maximum atomic E-state index is 12.2. The summed E-state index contributed by atoms with van der Waals surface area (Å²) in [6.45, 7) is 0. The van der Waals surface area contributed by atoms with Crippen LogP contribution >= 0.6 is 0 Å². The zero-order chi connectivity index (χ0) is 22.5. The number of nitrogens with one attached hydrogen (secondary N) is 2. The molecule has 1 aliphatic carbocycles. The minimum absolute atomic E-state index is 0.0402. The molecule has 0 atom stereocenters. The van der Waals surface area contributed by atoms with Crippen LogP contribution in [0.1, 0.15) is 12.8 Å². The molecule has 5 rings (SSSR count). The molecule has 164 valence electrons. The normalized spacial score (nSPS) is 13.9. The van der Waals surface area contributed by atoms with Crippen LogP contribution in [0.5, 0.6) is 5.75 Å². The average molecular weight is 453 g/mol. The Labute approximate surface area is 183 Å². The smallest absolute Gasteiger partial charge is 0.306 e. The van der Waals surface area contributed by atoms with Crippen molar-refractivity contribution >= 4 is 49.5 Å². The van der Waals surface area contributed by atoms with Gasteiger partial charge in [-0.15, -0.1) is 0 Å². The minimum atomic E-state index is -3.66. The van der Waals surface area contributed by atoms with Crippen molar-refractivity contribution in [3.05, 3.63) is 36.7 Å². The van der Waals surface area contributed by atoms with Crippen LogP contribution in [0.15, 0.2) is 41.1 Å². The topological polar surface area (TPSA) is 136 Å². The molecule has 0 saturated heterocycles.